The van der Waals surface area contributed by atoms with Gasteiger partial charge in [0.15, 0.2) is 0 Å². The Balaban J connectivity index is 2.72. The Hall–Kier alpha value is -2.53. The Kier molecular flexibility index (Phi) is 3.63. The summed E-state index contributed by atoms with van der Waals surface area (Å²) in [5.74, 6) is -1.22. The maximum atomic E-state index is 11.5. The third-order valence-corrected chi connectivity index (χ3v) is 3.17. The van der Waals surface area contributed by atoms with Crippen molar-refractivity contribution < 1.29 is 9.59 Å². The second-order valence-electron chi connectivity index (χ2n) is 4.23. The first-order valence-electron chi connectivity index (χ1n) is 5.69. The first-order valence-corrected chi connectivity index (χ1v) is 6.07. The van der Waals surface area contributed by atoms with Gasteiger partial charge in [-0.05, 0) is 35.9 Å². The maximum Gasteiger partial charge on any atom is 0.249 e. The van der Waals surface area contributed by atoms with Crippen LogP contribution in [-0.4, -0.2) is 11.8 Å². The fourth-order valence-electron chi connectivity index (χ4n) is 1.89. The molecule has 102 valence electrons. The van der Waals surface area contributed by atoms with E-state index in [0.29, 0.717) is 21.8 Å². The van der Waals surface area contributed by atoms with Gasteiger partial charge in [-0.1, -0.05) is 17.7 Å². The number of carbonyl (C=O) groups excluding carboxylic acids is 2. The van der Waals surface area contributed by atoms with Gasteiger partial charge in [-0.25, -0.2) is 0 Å². The number of halogens is 1. The molecule has 0 aliphatic rings. The minimum absolute atomic E-state index is 0.252. The molecule has 0 saturated carbocycles. The van der Waals surface area contributed by atoms with Crippen LogP contribution in [0.15, 0.2) is 36.4 Å². The number of carbonyl (C=O) groups is 2. The number of benzene rings is 2. The molecule has 6 heteroatoms. The summed E-state index contributed by atoms with van der Waals surface area (Å²) in [4.78, 5) is 22.8. The van der Waals surface area contributed by atoms with Crippen LogP contribution in [0.25, 0.3) is 11.1 Å². The molecular weight excluding hydrogens is 278 g/mol. The van der Waals surface area contributed by atoms with Crippen molar-refractivity contribution in [2.24, 2.45) is 11.5 Å². The second-order valence-corrected chi connectivity index (χ2v) is 4.64. The fraction of sp³-hybridized carbons (Fsp3) is 0. The molecule has 20 heavy (non-hydrogen) atoms. The average Bonchev–Trinajstić information content (AvgIpc) is 2.37. The van der Waals surface area contributed by atoms with Gasteiger partial charge in [-0.15, -0.1) is 0 Å². The number of hydrogen-bond acceptors (Lipinski definition) is 3. The smallest absolute Gasteiger partial charge is 0.249 e. The van der Waals surface area contributed by atoms with E-state index in [2.05, 4.69) is 0 Å². The molecule has 2 aromatic carbocycles. The molecule has 0 radical (unpaired) electrons. The van der Waals surface area contributed by atoms with Crippen molar-refractivity contribution in [3.63, 3.8) is 0 Å². The molecule has 0 aliphatic heterocycles. The molecule has 0 bridgehead atoms. The summed E-state index contributed by atoms with van der Waals surface area (Å²) in [6.45, 7) is 0. The van der Waals surface area contributed by atoms with Crippen LogP contribution >= 0.6 is 11.6 Å². The number of hydrogen-bond donors (Lipinski definition) is 3. The minimum Gasteiger partial charge on any atom is -0.399 e. The lowest BCUT2D eigenvalue weighted by Crippen LogP contribution is -2.15. The molecule has 0 aromatic heterocycles. The lowest BCUT2D eigenvalue weighted by atomic mass is 9.96. The largest absolute Gasteiger partial charge is 0.399 e. The summed E-state index contributed by atoms with van der Waals surface area (Å²) in [7, 11) is 0. The first kappa shape index (κ1) is 13.9. The summed E-state index contributed by atoms with van der Waals surface area (Å²) >= 11 is 6.12. The SMILES string of the molecule is NC(=O)c1ccc(C(N)=O)c(-c2ccc(N)cc2Cl)c1. The third-order valence-electron chi connectivity index (χ3n) is 2.85. The lowest BCUT2D eigenvalue weighted by molar-refractivity contribution is 0.0989. The molecule has 2 rings (SSSR count). The number of nitrogens with two attached hydrogens (primary N) is 3. The van der Waals surface area contributed by atoms with E-state index >= 15 is 0 Å². The van der Waals surface area contributed by atoms with Crippen molar-refractivity contribution in [3.8, 4) is 11.1 Å². The summed E-state index contributed by atoms with van der Waals surface area (Å²) in [6.07, 6.45) is 0. The molecule has 6 N–H and O–H groups in total. The van der Waals surface area contributed by atoms with Gasteiger partial charge in [0.05, 0.1) is 5.02 Å². The molecule has 5 nitrogen and oxygen atoms in total. The molecule has 0 spiro atoms. The highest BCUT2D eigenvalue weighted by Gasteiger charge is 2.15. The Bertz CT molecular complexity index is 714. The lowest BCUT2D eigenvalue weighted by Gasteiger charge is -2.11. The quantitative estimate of drug-likeness (QED) is 0.749. The van der Waals surface area contributed by atoms with Crippen LogP contribution in [0.3, 0.4) is 0 Å². The van der Waals surface area contributed by atoms with Crippen LogP contribution < -0.4 is 17.2 Å². The summed E-state index contributed by atoms with van der Waals surface area (Å²) in [5.41, 5.74) is 18.2. The van der Waals surface area contributed by atoms with Gasteiger partial charge in [0, 0.05) is 22.4 Å². The predicted octanol–water partition coefficient (Wildman–Crippen LogP) is 1.79. The zero-order valence-electron chi connectivity index (χ0n) is 10.4. The van der Waals surface area contributed by atoms with Gasteiger partial charge >= 0.3 is 0 Å². The first-order chi connectivity index (χ1) is 9.40. The molecular formula is C14H12ClN3O2. The zero-order valence-corrected chi connectivity index (χ0v) is 11.1. The zero-order chi connectivity index (χ0) is 14.9. The van der Waals surface area contributed by atoms with Crippen molar-refractivity contribution in [2.45, 2.75) is 0 Å². The number of nitrogen functional groups attached to an aromatic ring is 1. The molecule has 2 aromatic rings. The Labute approximate surface area is 120 Å². The van der Waals surface area contributed by atoms with Gasteiger partial charge in [0.1, 0.15) is 0 Å². The Morgan fingerprint density at radius 2 is 1.60 bits per heavy atom. The van der Waals surface area contributed by atoms with Gasteiger partial charge in [-0.2, -0.15) is 0 Å². The van der Waals surface area contributed by atoms with Gasteiger partial charge in [-0.3, -0.25) is 9.59 Å². The van der Waals surface area contributed by atoms with Crippen molar-refractivity contribution in [3.05, 3.63) is 52.5 Å². The van der Waals surface area contributed by atoms with E-state index in [0.717, 1.165) is 0 Å². The minimum atomic E-state index is -0.621. The molecule has 0 aliphatic carbocycles. The normalized spacial score (nSPS) is 10.2. The molecule has 0 fully saturated rings. The number of rotatable bonds is 3. The van der Waals surface area contributed by atoms with Crippen LogP contribution in [0.4, 0.5) is 5.69 Å². The van der Waals surface area contributed by atoms with Crippen LogP contribution in [0.1, 0.15) is 20.7 Å². The maximum absolute atomic E-state index is 11.5. The van der Waals surface area contributed by atoms with E-state index < -0.39 is 11.8 Å². The fourth-order valence-corrected chi connectivity index (χ4v) is 2.18. The molecule has 0 heterocycles. The van der Waals surface area contributed by atoms with Gasteiger partial charge in [0.25, 0.3) is 0 Å². The van der Waals surface area contributed by atoms with Crippen molar-refractivity contribution in [1.82, 2.24) is 0 Å². The highest BCUT2D eigenvalue weighted by atomic mass is 35.5. The summed E-state index contributed by atoms with van der Waals surface area (Å²) in [5, 5.41) is 0.356. The Morgan fingerprint density at radius 3 is 2.15 bits per heavy atom. The van der Waals surface area contributed by atoms with E-state index in [1.807, 2.05) is 0 Å². The summed E-state index contributed by atoms with van der Waals surface area (Å²) in [6, 6.07) is 9.23. The van der Waals surface area contributed by atoms with Gasteiger partial charge < -0.3 is 17.2 Å². The van der Waals surface area contributed by atoms with Crippen molar-refractivity contribution in [2.75, 3.05) is 5.73 Å². The number of anilines is 1. The van der Waals surface area contributed by atoms with Crippen LogP contribution in [0.2, 0.25) is 5.02 Å². The standard InChI is InChI=1S/C14H12ClN3O2/c15-12-6-8(16)2-4-9(12)11-5-7(13(17)19)1-3-10(11)14(18)20/h1-6H,16H2,(H2,17,19)(H2,18,20). The highest BCUT2D eigenvalue weighted by molar-refractivity contribution is 6.34. The van der Waals surface area contributed by atoms with E-state index in [9.17, 15) is 9.59 Å². The molecule has 0 unspecified atom stereocenters. The molecule has 0 atom stereocenters. The third kappa shape index (κ3) is 2.57. The molecule has 2 amide bonds. The monoisotopic (exact) mass is 289 g/mol. The topological polar surface area (TPSA) is 112 Å². The van der Waals surface area contributed by atoms with Crippen molar-refractivity contribution >= 4 is 29.1 Å². The van der Waals surface area contributed by atoms with Crippen LogP contribution in [0, 0.1) is 0 Å². The van der Waals surface area contributed by atoms with E-state index in [1.54, 1.807) is 18.2 Å². The number of amides is 2. The second kappa shape index (κ2) is 5.22. The van der Waals surface area contributed by atoms with E-state index in [1.165, 1.54) is 18.2 Å². The predicted molar refractivity (Wildman–Crippen MR) is 78.3 cm³/mol. The van der Waals surface area contributed by atoms with E-state index in [4.69, 9.17) is 28.8 Å². The number of primary amides is 2. The molecule has 0 saturated heterocycles. The summed E-state index contributed by atoms with van der Waals surface area (Å²) < 4.78 is 0. The van der Waals surface area contributed by atoms with Gasteiger partial charge in [0.2, 0.25) is 11.8 Å². The average molecular weight is 290 g/mol. The van der Waals surface area contributed by atoms with Crippen LogP contribution in [0.5, 0.6) is 0 Å². The van der Waals surface area contributed by atoms with Crippen LogP contribution in [-0.2, 0) is 0 Å². The van der Waals surface area contributed by atoms with E-state index in [-0.39, 0.29) is 11.1 Å². The Morgan fingerprint density at radius 1 is 0.900 bits per heavy atom. The highest BCUT2D eigenvalue weighted by Crippen LogP contribution is 2.32. The van der Waals surface area contributed by atoms with Crippen molar-refractivity contribution in [1.29, 1.82) is 0 Å².